The maximum atomic E-state index is 12.2. The molecule has 0 aliphatic rings. The normalized spacial score (nSPS) is 10.2. The number of anilines is 1. The van der Waals surface area contributed by atoms with Crippen LogP contribution in [0.15, 0.2) is 21.5 Å². The summed E-state index contributed by atoms with van der Waals surface area (Å²) in [6, 6.07) is 3.19. The first-order chi connectivity index (χ1) is 8.95. The summed E-state index contributed by atoms with van der Waals surface area (Å²) in [6.45, 7) is 1.69. The highest BCUT2D eigenvalue weighted by molar-refractivity contribution is 9.10. The van der Waals surface area contributed by atoms with E-state index in [4.69, 9.17) is 11.0 Å². The number of pyridine rings is 1. The summed E-state index contributed by atoms with van der Waals surface area (Å²) in [6.07, 6.45) is 1.17. The Kier molecular flexibility index (Phi) is 3.23. The van der Waals surface area contributed by atoms with Gasteiger partial charge < -0.3 is 10.7 Å². The molecular weight excluding hydrogens is 314 g/mol. The molecule has 0 spiro atoms. The van der Waals surface area contributed by atoms with Crippen LogP contribution >= 0.6 is 15.9 Å². The smallest absolute Gasteiger partial charge is 0.285 e. The Morgan fingerprint density at radius 3 is 2.89 bits per heavy atom. The maximum absolute atomic E-state index is 12.2. The summed E-state index contributed by atoms with van der Waals surface area (Å²) in [4.78, 5) is 26.4. The van der Waals surface area contributed by atoms with Gasteiger partial charge in [-0.15, -0.1) is 0 Å². The second-order valence-corrected chi connectivity index (χ2v) is 4.61. The van der Waals surface area contributed by atoms with Gasteiger partial charge in [0.1, 0.15) is 23.0 Å². The van der Waals surface area contributed by atoms with Gasteiger partial charge in [0.05, 0.1) is 6.20 Å². The van der Waals surface area contributed by atoms with E-state index in [0.717, 1.165) is 4.68 Å². The van der Waals surface area contributed by atoms with Crippen LogP contribution in [0.1, 0.15) is 21.6 Å². The van der Waals surface area contributed by atoms with Crippen molar-refractivity contribution in [2.24, 2.45) is 0 Å². The fourth-order valence-electron chi connectivity index (χ4n) is 1.48. The van der Waals surface area contributed by atoms with Gasteiger partial charge in [-0.05, 0) is 28.9 Å². The lowest BCUT2D eigenvalue weighted by molar-refractivity contribution is 0.0946. The van der Waals surface area contributed by atoms with Crippen molar-refractivity contribution in [3.63, 3.8) is 0 Å². The van der Waals surface area contributed by atoms with Gasteiger partial charge in [0.2, 0.25) is 0 Å². The summed E-state index contributed by atoms with van der Waals surface area (Å²) in [5.41, 5.74) is 5.63. The summed E-state index contributed by atoms with van der Waals surface area (Å²) in [5, 5.41) is 12.5. The molecule has 8 heteroatoms. The number of nitrogen functional groups attached to an aromatic ring is 1. The summed E-state index contributed by atoms with van der Waals surface area (Å²) < 4.78 is 1.41. The zero-order chi connectivity index (χ0) is 14.2. The molecule has 0 aliphatic heterocycles. The summed E-state index contributed by atoms with van der Waals surface area (Å²) in [7, 11) is 0. The first-order valence-corrected chi connectivity index (χ1v) is 5.92. The number of nitriles is 1. The number of halogens is 1. The highest BCUT2D eigenvalue weighted by atomic mass is 79.9. The monoisotopic (exact) mass is 321 g/mol. The number of carbonyl (C=O) groups excluding carboxylic acids is 1. The minimum Gasteiger partial charge on any atom is -0.382 e. The molecule has 0 aromatic carbocycles. The van der Waals surface area contributed by atoms with Crippen LogP contribution in [-0.2, 0) is 0 Å². The van der Waals surface area contributed by atoms with Crippen LogP contribution in [0, 0.1) is 18.3 Å². The van der Waals surface area contributed by atoms with Gasteiger partial charge in [-0.2, -0.15) is 15.0 Å². The van der Waals surface area contributed by atoms with Gasteiger partial charge in [-0.25, -0.2) is 0 Å². The molecule has 0 amide bonds. The van der Waals surface area contributed by atoms with Gasteiger partial charge in [-0.1, -0.05) is 0 Å². The van der Waals surface area contributed by atoms with Crippen molar-refractivity contribution in [2.45, 2.75) is 6.92 Å². The Hall–Kier alpha value is -2.40. The van der Waals surface area contributed by atoms with E-state index in [1.807, 2.05) is 0 Å². The number of aromatic nitrogens is 3. The van der Waals surface area contributed by atoms with Gasteiger partial charge >= 0.3 is 0 Å². The van der Waals surface area contributed by atoms with E-state index in [-0.39, 0.29) is 16.9 Å². The molecular formula is C11H8BrN5O2. The Balaban J connectivity index is 2.57. The van der Waals surface area contributed by atoms with E-state index in [1.54, 1.807) is 13.0 Å². The largest absolute Gasteiger partial charge is 0.382 e. The molecule has 0 saturated heterocycles. The average molecular weight is 322 g/mol. The fourth-order valence-corrected chi connectivity index (χ4v) is 1.80. The minimum atomic E-state index is -0.694. The predicted molar refractivity (Wildman–Crippen MR) is 70.6 cm³/mol. The molecule has 3 N–H and O–H groups in total. The standard InChI is InChI=1S/C11H8BrN5O2/c1-5-8(12)2-7(10(18)16-5)11(19)17-9(14)6(3-13)4-15-17/h2,4H,14H2,1H3,(H,16,18). The first-order valence-electron chi connectivity index (χ1n) is 5.13. The van der Waals surface area contributed by atoms with Gasteiger partial charge in [-0.3, -0.25) is 9.59 Å². The molecule has 0 radical (unpaired) electrons. The highest BCUT2D eigenvalue weighted by Crippen LogP contribution is 2.15. The number of aryl methyl sites for hydroxylation is 1. The molecule has 0 saturated carbocycles. The van der Waals surface area contributed by atoms with E-state index in [9.17, 15) is 9.59 Å². The molecule has 2 rings (SSSR count). The van der Waals surface area contributed by atoms with E-state index in [1.165, 1.54) is 12.3 Å². The number of aromatic amines is 1. The summed E-state index contributed by atoms with van der Waals surface area (Å²) in [5.74, 6) is -0.787. The molecule has 19 heavy (non-hydrogen) atoms. The lowest BCUT2D eigenvalue weighted by atomic mass is 10.2. The Bertz CT molecular complexity index is 768. The molecule has 0 aliphatic carbocycles. The van der Waals surface area contributed by atoms with Crippen LogP contribution in [0.4, 0.5) is 5.82 Å². The maximum Gasteiger partial charge on any atom is 0.285 e. The van der Waals surface area contributed by atoms with Crippen molar-refractivity contribution < 1.29 is 4.79 Å². The number of nitrogens with two attached hydrogens (primary N) is 1. The first kappa shape index (κ1) is 13.0. The second-order valence-electron chi connectivity index (χ2n) is 3.76. The average Bonchev–Trinajstić information content (AvgIpc) is 2.74. The third kappa shape index (κ3) is 2.15. The Morgan fingerprint density at radius 2 is 2.32 bits per heavy atom. The van der Waals surface area contributed by atoms with Crippen LogP contribution in [0.25, 0.3) is 0 Å². The van der Waals surface area contributed by atoms with Crippen molar-refractivity contribution in [1.29, 1.82) is 5.26 Å². The van der Waals surface area contributed by atoms with Crippen molar-refractivity contribution in [3.05, 3.63) is 43.9 Å². The molecule has 0 bridgehead atoms. The minimum absolute atomic E-state index is 0.0796. The third-order valence-electron chi connectivity index (χ3n) is 2.52. The summed E-state index contributed by atoms with van der Waals surface area (Å²) >= 11 is 3.22. The number of nitrogens with zero attached hydrogens (tertiary/aromatic N) is 3. The number of rotatable bonds is 1. The number of carbonyl (C=O) groups is 1. The molecule has 0 unspecified atom stereocenters. The zero-order valence-electron chi connectivity index (χ0n) is 9.77. The topological polar surface area (TPSA) is 118 Å². The van der Waals surface area contributed by atoms with E-state index in [0.29, 0.717) is 10.2 Å². The number of H-pyrrole nitrogens is 1. The molecule has 2 heterocycles. The predicted octanol–water partition coefficient (Wildman–Crippen LogP) is 0.785. The van der Waals surface area contributed by atoms with Gasteiger partial charge in [0.15, 0.2) is 0 Å². The number of nitrogens with one attached hydrogen (secondary N) is 1. The van der Waals surface area contributed by atoms with Crippen molar-refractivity contribution >= 4 is 27.7 Å². The second kappa shape index (κ2) is 4.70. The molecule has 96 valence electrons. The molecule has 0 fully saturated rings. The van der Waals surface area contributed by atoms with Crippen LogP contribution < -0.4 is 11.3 Å². The SMILES string of the molecule is Cc1[nH]c(=O)c(C(=O)n2ncc(C#N)c2N)cc1Br. The Labute approximate surface area is 115 Å². The van der Waals surface area contributed by atoms with Crippen LogP contribution in [0.5, 0.6) is 0 Å². The molecule has 2 aromatic rings. The van der Waals surface area contributed by atoms with Crippen LogP contribution in [0.3, 0.4) is 0 Å². The van der Waals surface area contributed by atoms with E-state index >= 15 is 0 Å². The molecule has 2 aromatic heterocycles. The highest BCUT2D eigenvalue weighted by Gasteiger charge is 2.19. The van der Waals surface area contributed by atoms with E-state index < -0.39 is 11.5 Å². The van der Waals surface area contributed by atoms with Crippen molar-refractivity contribution in [1.82, 2.24) is 14.8 Å². The van der Waals surface area contributed by atoms with Crippen LogP contribution in [-0.4, -0.2) is 20.7 Å². The number of hydrogen-bond acceptors (Lipinski definition) is 5. The number of hydrogen-bond donors (Lipinski definition) is 2. The Morgan fingerprint density at radius 1 is 1.63 bits per heavy atom. The third-order valence-corrected chi connectivity index (χ3v) is 3.35. The van der Waals surface area contributed by atoms with Crippen molar-refractivity contribution in [3.8, 4) is 6.07 Å². The van der Waals surface area contributed by atoms with Gasteiger partial charge in [0.25, 0.3) is 11.5 Å². The van der Waals surface area contributed by atoms with E-state index in [2.05, 4.69) is 26.0 Å². The fraction of sp³-hybridized carbons (Fsp3) is 0.0909. The molecule has 0 atom stereocenters. The zero-order valence-corrected chi connectivity index (χ0v) is 11.4. The molecule has 7 nitrogen and oxygen atoms in total. The van der Waals surface area contributed by atoms with Crippen molar-refractivity contribution in [2.75, 3.05) is 5.73 Å². The van der Waals surface area contributed by atoms with Crippen LogP contribution in [0.2, 0.25) is 0 Å². The quantitative estimate of drug-likeness (QED) is 0.804. The lowest BCUT2D eigenvalue weighted by Gasteiger charge is -2.04. The van der Waals surface area contributed by atoms with Gasteiger partial charge in [0, 0.05) is 10.2 Å². The lowest BCUT2D eigenvalue weighted by Crippen LogP contribution is -2.25.